The van der Waals surface area contributed by atoms with E-state index >= 15 is 0 Å². The average Bonchev–Trinajstić information content (AvgIpc) is 2.97. The lowest BCUT2D eigenvalue weighted by atomic mass is 9.92. The Balaban J connectivity index is 1.88. The Hall–Kier alpha value is -2.79. The van der Waals surface area contributed by atoms with Gasteiger partial charge in [-0.3, -0.25) is 4.79 Å². The number of rotatable bonds is 2. The van der Waals surface area contributed by atoms with Crippen molar-refractivity contribution >= 4 is 40.1 Å². The van der Waals surface area contributed by atoms with Gasteiger partial charge in [0.25, 0.3) is 0 Å². The maximum Gasteiger partial charge on any atom is 0.352 e. The van der Waals surface area contributed by atoms with Crippen LogP contribution >= 0.6 is 11.6 Å². The number of carbonyl (C=O) groups excluding carboxylic acids is 1. The van der Waals surface area contributed by atoms with Gasteiger partial charge in [0.15, 0.2) is 0 Å². The molecule has 0 bridgehead atoms. The van der Waals surface area contributed by atoms with Crippen molar-refractivity contribution in [2.24, 2.45) is 0 Å². The van der Waals surface area contributed by atoms with Crippen LogP contribution in [0.2, 0.25) is 5.02 Å². The molecule has 0 atom stereocenters. The third-order valence-electron chi connectivity index (χ3n) is 4.25. The van der Waals surface area contributed by atoms with Crippen molar-refractivity contribution in [3.8, 4) is 11.1 Å². The smallest absolute Gasteiger partial charge is 0.352 e. The Morgan fingerprint density at radius 2 is 1.96 bits per heavy atom. The summed E-state index contributed by atoms with van der Waals surface area (Å²) >= 11 is 6.21. The van der Waals surface area contributed by atoms with Gasteiger partial charge in [-0.25, -0.2) is 4.79 Å². The number of aromatic carboxylic acids is 1. The van der Waals surface area contributed by atoms with Crippen LogP contribution in [0.1, 0.15) is 22.5 Å². The van der Waals surface area contributed by atoms with Gasteiger partial charge in [-0.1, -0.05) is 17.7 Å². The molecule has 1 aliphatic heterocycles. The Bertz CT molecular complexity index is 1010. The van der Waals surface area contributed by atoms with Crippen molar-refractivity contribution in [1.82, 2.24) is 4.98 Å². The normalized spacial score (nSPS) is 13.6. The second-order valence-electron chi connectivity index (χ2n) is 5.82. The number of carboxylic acid groups (broad SMARTS) is 1. The maximum atomic E-state index is 11.6. The van der Waals surface area contributed by atoms with E-state index in [4.69, 9.17) is 16.7 Å². The lowest BCUT2D eigenvalue weighted by Gasteiger charge is -2.21. The van der Waals surface area contributed by atoms with E-state index in [0.29, 0.717) is 17.9 Å². The van der Waals surface area contributed by atoms with Gasteiger partial charge in [0.05, 0.1) is 0 Å². The number of carbonyl (C=O) groups is 2. The number of hydrogen-bond donors (Lipinski definition) is 3. The quantitative estimate of drug-likeness (QED) is 0.657. The maximum absolute atomic E-state index is 11.6. The first-order valence-corrected chi connectivity index (χ1v) is 7.88. The monoisotopic (exact) mass is 340 g/mol. The Morgan fingerprint density at radius 1 is 1.12 bits per heavy atom. The van der Waals surface area contributed by atoms with E-state index in [0.717, 1.165) is 33.3 Å². The van der Waals surface area contributed by atoms with Crippen LogP contribution in [0.4, 0.5) is 5.69 Å². The number of anilines is 1. The van der Waals surface area contributed by atoms with Gasteiger partial charge in [0, 0.05) is 28.0 Å². The van der Waals surface area contributed by atoms with Crippen LogP contribution in [0.25, 0.3) is 22.0 Å². The van der Waals surface area contributed by atoms with Gasteiger partial charge in [0.1, 0.15) is 5.69 Å². The summed E-state index contributed by atoms with van der Waals surface area (Å²) in [5, 5.41) is 13.3. The van der Waals surface area contributed by atoms with Crippen molar-refractivity contribution < 1.29 is 14.7 Å². The van der Waals surface area contributed by atoms with Crippen LogP contribution in [0, 0.1) is 0 Å². The number of aromatic amines is 1. The molecule has 0 fully saturated rings. The highest BCUT2D eigenvalue weighted by Crippen LogP contribution is 2.37. The molecule has 24 heavy (non-hydrogen) atoms. The molecule has 1 amide bonds. The first-order valence-electron chi connectivity index (χ1n) is 7.50. The molecule has 3 aromatic rings. The van der Waals surface area contributed by atoms with Gasteiger partial charge in [-0.05, 0) is 53.4 Å². The van der Waals surface area contributed by atoms with Crippen molar-refractivity contribution in [2.45, 2.75) is 12.8 Å². The van der Waals surface area contributed by atoms with Crippen LogP contribution in [-0.2, 0) is 11.2 Å². The summed E-state index contributed by atoms with van der Waals surface area (Å²) in [4.78, 5) is 25.6. The van der Waals surface area contributed by atoms with Gasteiger partial charge < -0.3 is 15.4 Å². The summed E-state index contributed by atoms with van der Waals surface area (Å²) in [5.41, 5.74) is 4.61. The molecule has 0 radical (unpaired) electrons. The summed E-state index contributed by atoms with van der Waals surface area (Å²) in [6.45, 7) is 0. The molecule has 0 spiro atoms. The zero-order valence-electron chi connectivity index (χ0n) is 12.5. The number of fused-ring (bicyclic) bond motifs is 2. The highest BCUT2D eigenvalue weighted by molar-refractivity contribution is 6.31. The van der Waals surface area contributed by atoms with E-state index in [9.17, 15) is 9.59 Å². The number of nitrogens with one attached hydrogen (secondary N) is 2. The number of benzene rings is 2. The van der Waals surface area contributed by atoms with Gasteiger partial charge in [-0.15, -0.1) is 0 Å². The molecule has 120 valence electrons. The SMILES string of the molecule is O=C1CCc2c(cc(Cl)cc2-c2ccc3[nH]c(C(=O)O)cc3c2)N1. The lowest BCUT2D eigenvalue weighted by molar-refractivity contribution is -0.116. The number of amides is 1. The Labute approximate surface area is 142 Å². The lowest BCUT2D eigenvalue weighted by Crippen LogP contribution is -2.19. The minimum Gasteiger partial charge on any atom is -0.477 e. The number of aromatic nitrogens is 1. The zero-order valence-corrected chi connectivity index (χ0v) is 13.3. The van der Waals surface area contributed by atoms with E-state index in [1.807, 2.05) is 24.3 Å². The van der Waals surface area contributed by atoms with Crippen LogP contribution in [0.3, 0.4) is 0 Å². The Kier molecular flexibility index (Phi) is 3.32. The van der Waals surface area contributed by atoms with Crippen LogP contribution in [0.15, 0.2) is 36.4 Å². The number of carboxylic acids is 1. The number of hydrogen-bond acceptors (Lipinski definition) is 2. The molecule has 3 N–H and O–H groups in total. The van der Waals surface area contributed by atoms with E-state index in [2.05, 4.69) is 10.3 Å². The van der Waals surface area contributed by atoms with Crippen molar-refractivity contribution in [2.75, 3.05) is 5.32 Å². The summed E-state index contributed by atoms with van der Waals surface area (Å²) in [7, 11) is 0. The first-order chi connectivity index (χ1) is 11.5. The predicted octanol–water partition coefficient (Wildman–Crippen LogP) is 4.07. The molecule has 1 aromatic heterocycles. The summed E-state index contributed by atoms with van der Waals surface area (Å²) < 4.78 is 0. The fourth-order valence-corrected chi connectivity index (χ4v) is 3.36. The average molecular weight is 341 g/mol. The Morgan fingerprint density at radius 3 is 2.75 bits per heavy atom. The van der Waals surface area contributed by atoms with Crippen molar-refractivity contribution in [3.05, 3.63) is 52.7 Å². The predicted molar refractivity (Wildman–Crippen MR) is 92.7 cm³/mol. The highest BCUT2D eigenvalue weighted by atomic mass is 35.5. The number of halogens is 1. The molecule has 2 aromatic carbocycles. The van der Waals surface area contributed by atoms with Crippen LogP contribution in [0.5, 0.6) is 0 Å². The molecule has 2 heterocycles. The molecule has 0 saturated carbocycles. The largest absolute Gasteiger partial charge is 0.477 e. The zero-order chi connectivity index (χ0) is 16.8. The van der Waals surface area contributed by atoms with Gasteiger partial charge in [0.2, 0.25) is 5.91 Å². The summed E-state index contributed by atoms with van der Waals surface area (Å²) in [6, 6.07) is 11.0. The molecule has 6 heteroatoms. The first kappa shape index (κ1) is 14.8. The third-order valence-corrected chi connectivity index (χ3v) is 4.47. The van der Waals surface area contributed by atoms with E-state index in [1.165, 1.54) is 0 Å². The molecular formula is C18H13ClN2O3. The van der Waals surface area contributed by atoms with E-state index in [1.54, 1.807) is 12.1 Å². The van der Waals surface area contributed by atoms with Crippen molar-refractivity contribution in [1.29, 1.82) is 0 Å². The van der Waals surface area contributed by atoms with Crippen LogP contribution in [-0.4, -0.2) is 22.0 Å². The molecule has 0 aliphatic carbocycles. The number of H-pyrrole nitrogens is 1. The third kappa shape index (κ3) is 2.43. The fraction of sp³-hybridized carbons (Fsp3) is 0.111. The summed E-state index contributed by atoms with van der Waals surface area (Å²) in [6.07, 6.45) is 1.09. The minimum atomic E-state index is -0.990. The second kappa shape index (κ2) is 5.39. The standard InChI is InChI=1S/C18H13ClN2O3/c19-11-7-13(12-2-4-17(22)21-15(12)8-11)9-1-3-14-10(5-9)6-16(20-14)18(23)24/h1,3,5-8,20H,2,4H2,(H,21,22)(H,23,24). The molecule has 1 aliphatic rings. The van der Waals surface area contributed by atoms with E-state index < -0.39 is 5.97 Å². The highest BCUT2D eigenvalue weighted by Gasteiger charge is 2.20. The molecule has 4 rings (SSSR count). The molecular weight excluding hydrogens is 328 g/mol. The summed E-state index contributed by atoms with van der Waals surface area (Å²) in [5.74, 6) is -1.00. The fourth-order valence-electron chi connectivity index (χ4n) is 3.14. The molecule has 0 unspecified atom stereocenters. The van der Waals surface area contributed by atoms with Gasteiger partial charge in [-0.2, -0.15) is 0 Å². The van der Waals surface area contributed by atoms with Gasteiger partial charge >= 0.3 is 5.97 Å². The second-order valence-corrected chi connectivity index (χ2v) is 6.25. The van der Waals surface area contributed by atoms with Crippen LogP contribution < -0.4 is 5.32 Å². The molecule has 5 nitrogen and oxygen atoms in total. The topological polar surface area (TPSA) is 82.2 Å². The van der Waals surface area contributed by atoms with E-state index in [-0.39, 0.29) is 11.6 Å². The minimum absolute atomic E-state index is 0.0112. The van der Waals surface area contributed by atoms with Crippen molar-refractivity contribution in [3.63, 3.8) is 0 Å². The molecule has 0 saturated heterocycles.